The lowest BCUT2D eigenvalue weighted by atomic mass is 10.1. The van der Waals surface area contributed by atoms with Crippen LogP contribution in [-0.4, -0.2) is 38.8 Å². The van der Waals surface area contributed by atoms with Crippen molar-refractivity contribution in [2.24, 2.45) is 0 Å². The van der Waals surface area contributed by atoms with Gasteiger partial charge in [0.2, 0.25) is 5.88 Å². The Morgan fingerprint density at radius 2 is 2.07 bits per heavy atom. The lowest BCUT2D eigenvalue weighted by Gasteiger charge is -2.25. The third-order valence-electron chi connectivity index (χ3n) is 4.59. The molecule has 1 atom stereocenters. The number of hydrogen-bond donors (Lipinski definition) is 1. The predicted octanol–water partition coefficient (Wildman–Crippen LogP) is 2.23. The number of ether oxygens (including phenoxy) is 1. The van der Waals surface area contributed by atoms with Gasteiger partial charge in [0.25, 0.3) is 5.91 Å². The van der Waals surface area contributed by atoms with Crippen molar-refractivity contribution in [1.82, 2.24) is 25.1 Å². The van der Waals surface area contributed by atoms with Crippen LogP contribution in [0.25, 0.3) is 11.4 Å². The smallest absolute Gasteiger partial charge is 0.257 e. The normalized spacial score (nSPS) is 15.9. The Morgan fingerprint density at radius 1 is 1.26 bits per heavy atom. The molecule has 8 heteroatoms. The first-order valence-electron chi connectivity index (χ1n) is 8.63. The van der Waals surface area contributed by atoms with Crippen LogP contribution in [0.15, 0.2) is 42.6 Å². The van der Waals surface area contributed by atoms with E-state index in [4.69, 9.17) is 4.74 Å². The number of nitrogens with one attached hydrogen (secondary N) is 1. The monoisotopic (exact) mass is 367 g/mol. The van der Waals surface area contributed by atoms with Gasteiger partial charge in [-0.15, -0.1) is 10.2 Å². The zero-order valence-corrected chi connectivity index (χ0v) is 14.7. The van der Waals surface area contributed by atoms with Crippen molar-refractivity contribution in [2.75, 3.05) is 7.11 Å². The summed E-state index contributed by atoms with van der Waals surface area (Å²) in [5.41, 5.74) is 1.18. The first-order valence-corrected chi connectivity index (χ1v) is 8.63. The Balaban J connectivity index is 1.54. The summed E-state index contributed by atoms with van der Waals surface area (Å²) in [5, 5.41) is 11.5. The number of benzene rings is 1. The molecule has 1 amide bonds. The van der Waals surface area contributed by atoms with E-state index in [9.17, 15) is 9.18 Å². The van der Waals surface area contributed by atoms with E-state index in [1.54, 1.807) is 30.5 Å². The molecule has 1 aliphatic heterocycles. The van der Waals surface area contributed by atoms with Crippen molar-refractivity contribution in [3.63, 3.8) is 0 Å². The molecule has 0 saturated carbocycles. The highest BCUT2D eigenvalue weighted by Gasteiger charge is 2.25. The van der Waals surface area contributed by atoms with E-state index in [1.165, 1.54) is 19.2 Å². The summed E-state index contributed by atoms with van der Waals surface area (Å²) in [6.07, 6.45) is 3.04. The fourth-order valence-corrected chi connectivity index (χ4v) is 3.25. The minimum absolute atomic E-state index is 0.0786. The Kier molecular flexibility index (Phi) is 4.53. The molecule has 1 N–H and O–H groups in total. The third kappa shape index (κ3) is 3.38. The van der Waals surface area contributed by atoms with Gasteiger partial charge in [-0.3, -0.25) is 4.79 Å². The SMILES string of the molecule is COc1ncccc1C(=O)NC1CCc2nnc(-c3ccc(F)cc3)n2C1. The number of rotatable bonds is 4. The quantitative estimate of drug-likeness (QED) is 0.765. The summed E-state index contributed by atoms with van der Waals surface area (Å²) >= 11 is 0. The molecular formula is C19H18FN5O2. The molecule has 27 heavy (non-hydrogen) atoms. The van der Waals surface area contributed by atoms with Gasteiger partial charge in [0.05, 0.1) is 7.11 Å². The molecule has 1 aromatic carbocycles. The van der Waals surface area contributed by atoms with Crippen LogP contribution in [0.3, 0.4) is 0 Å². The summed E-state index contributed by atoms with van der Waals surface area (Å²) < 4.78 is 20.3. The van der Waals surface area contributed by atoms with E-state index in [-0.39, 0.29) is 17.8 Å². The number of pyridine rings is 1. The van der Waals surface area contributed by atoms with Crippen LogP contribution < -0.4 is 10.1 Å². The minimum atomic E-state index is -0.298. The summed E-state index contributed by atoms with van der Waals surface area (Å²) in [7, 11) is 1.48. The summed E-state index contributed by atoms with van der Waals surface area (Å²) in [6, 6.07) is 9.44. The second-order valence-corrected chi connectivity index (χ2v) is 6.33. The molecule has 0 bridgehead atoms. The van der Waals surface area contributed by atoms with E-state index in [1.807, 2.05) is 4.57 Å². The van der Waals surface area contributed by atoms with Crippen LogP contribution in [0.5, 0.6) is 5.88 Å². The molecule has 0 spiro atoms. The topological polar surface area (TPSA) is 81.9 Å². The summed E-state index contributed by atoms with van der Waals surface area (Å²) in [5.74, 6) is 1.29. The van der Waals surface area contributed by atoms with Crippen molar-refractivity contribution in [3.05, 3.63) is 59.8 Å². The van der Waals surface area contributed by atoms with Crippen LogP contribution in [-0.2, 0) is 13.0 Å². The zero-order chi connectivity index (χ0) is 18.8. The van der Waals surface area contributed by atoms with Crippen molar-refractivity contribution >= 4 is 5.91 Å². The molecule has 3 heterocycles. The van der Waals surface area contributed by atoms with E-state index in [0.29, 0.717) is 30.2 Å². The number of carbonyl (C=O) groups is 1. The highest BCUT2D eigenvalue weighted by atomic mass is 19.1. The van der Waals surface area contributed by atoms with Gasteiger partial charge in [0, 0.05) is 30.8 Å². The number of carbonyl (C=O) groups excluding carboxylic acids is 1. The van der Waals surface area contributed by atoms with E-state index in [2.05, 4.69) is 20.5 Å². The molecule has 0 saturated heterocycles. The predicted molar refractivity (Wildman–Crippen MR) is 95.8 cm³/mol. The molecule has 0 fully saturated rings. The van der Waals surface area contributed by atoms with Gasteiger partial charge in [-0.2, -0.15) is 0 Å². The van der Waals surface area contributed by atoms with Crippen LogP contribution in [0, 0.1) is 5.82 Å². The second-order valence-electron chi connectivity index (χ2n) is 6.33. The highest BCUT2D eigenvalue weighted by molar-refractivity contribution is 5.96. The second kappa shape index (κ2) is 7.14. The van der Waals surface area contributed by atoms with Crippen molar-refractivity contribution in [3.8, 4) is 17.3 Å². The number of aryl methyl sites for hydroxylation is 1. The number of methoxy groups -OCH3 is 1. The molecule has 1 aliphatic rings. The molecule has 138 valence electrons. The van der Waals surface area contributed by atoms with Gasteiger partial charge in [0.15, 0.2) is 5.82 Å². The van der Waals surface area contributed by atoms with Crippen LogP contribution in [0.4, 0.5) is 4.39 Å². The summed E-state index contributed by atoms with van der Waals surface area (Å²) in [4.78, 5) is 16.7. The van der Waals surface area contributed by atoms with Gasteiger partial charge in [-0.1, -0.05) is 0 Å². The van der Waals surface area contributed by atoms with Gasteiger partial charge in [-0.25, -0.2) is 9.37 Å². The maximum Gasteiger partial charge on any atom is 0.257 e. The molecule has 0 aliphatic carbocycles. The average molecular weight is 367 g/mol. The first kappa shape index (κ1) is 17.1. The van der Waals surface area contributed by atoms with Crippen LogP contribution >= 0.6 is 0 Å². The van der Waals surface area contributed by atoms with Gasteiger partial charge < -0.3 is 14.6 Å². The number of aromatic nitrogens is 4. The van der Waals surface area contributed by atoms with Gasteiger partial charge >= 0.3 is 0 Å². The van der Waals surface area contributed by atoms with E-state index >= 15 is 0 Å². The largest absolute Gasteiger partial charge is 0.480 e. The number of fused-ring (bicyclic) bond motifs is 1. The number of hydrogen-bond acceptors (Lipinski definition) is 5. The van der Waals surface area contributed by atoms with E-state index < -0.39 is 0 Å². The Morgan fingerprint density at radius 3 is 2.85 bits per heavy atom. The third-order valence-corrected chi connectivity index (χ3v) is 4.59. The summed E-state index contributed by atoms with van der Waals surface area (Å²) in [6.45, 7) is 0.545. The molecule has 0 radical (unpaired) electrons. The van der Waals surface area contributed by atoms with Crippen molar-refractivity contribution < 1.29 is 13.9 Å². The standard InChI is InChI=1S/C19H18FN5O2/c1-27-19-15(3-2-10-21-19)18(26)22-14-8-9-16-23-24-17(25(16)11-14)12-4-6-13(20)7-5-12/h2-7,10,14H,8-9,11H2,1H3,(H,22,26). The number of nitrogens with zero attached hydrogens (tertiary/aromatic N) is 4. The Hall–Kier alpha value is -3.29. The first-order chi connectivity index (χ1) is 13.2. The molecule has 3 aromatic rings. The van der Waals surface area contributed by atoms with Crippen LogP contribution in [0.1, 0.15) is 22.6 Å². The maximum atomic E-state index is 13.2. The van der Waals surface area contributed by atoms with Crippen LogP contribution in [0.2, 0.25) is 0 Å². The lowest BCUT2D eigenvalue weighted by molar-refractivity contribution is 0.0924. The molecule has 2 aromatic heterocycles. The van der Waals surface area contributed by atoms with Gasteiger partial charge in [-0.05, 0) is 42.8 Å². The molecular weight excluding hydrogens is 349 g/mol. The minimum Gasteiger partial charge on any atom is -0.480 e. The van der Waals surface area contributed by atoms with E-state index in [0.717, 1.165) is 17.8 Å². The Bertz CT molecular complexity index is 970. The fraction of sp³-hybridized carbons (Fsp3) is 0.263. The van der Waals surface area contributed by atoms with Crippen molar-refractivity contribution in [2.45, 2.75) is 25.4 Å². The maximum absolute atomic E-state index is 13.2. The van der Waals surface area contributed by atoms with Crippen molar-refractivity contribution in [1.29, 1.82) is 0 Å². The molecule has 1 unspecified atom stereocenters. The van der Waals surface area contributed by atoms with Gasteiger partial charge in [0.1, 0.15) is 17.2 Å². The number of amides is 1. The molecule has 7 nitrogen and oxygen atoms in total. The highest BCUT2D eigenvalue weighted by Crippen LogP contribution is 2.24. The number of halogens is 1. The zero-order valence-electron chi connectivity index (χ0n) is 14.7. The average Bonchev–Trinajstić information content (AvgIpc) is 3.11. The Labute approximate surface area is 155 Å². The fourth-order valence-electron chi connectivity index (χ4n) is 3.25. The lowest BCUT2D eigenvalue weighted by Crippen LogP contribution is -2.41. The molecule has 4 rings (SSSR count).